The van der Waals surface area contributed by atoms with Crippen LogP contribution in [0.3, 0.4) is 0 Å². The third-order valence-corrected chi connectivity index (χ3v) is 4.33. The number of epoxide rings is 1. The first-order valence-corrected chi connectivity index (χ1v) is 10.7. The molecule has 0 aromatic heterocycles. The smallest absolute Gasteiger partial charge is 0.512 e. The van der Waals surface area contributed by atoms with E-state index in [4.69, 9.17) is 77.7 Å². The Labute approximate surface area is 226 Å². The van der Waals surface area contributed by atoms with E-state index in [0.29, 0.717) is 17.9 Å². The van der Waals surface area contributed by atoms with Crippen LogP contribution in [-0.4, -0.2) is 93.8 Å². The molecule has 2 amide bonds. The molecule has 2 fully saturated rings. The number of carbonyl (C=O) groups excluding carboxylic acids is 2. The van der Waals surface area contributed by atoms with Crippen molar-refractivity contribution in [1.82, 2.24) is 4.90 Å². The Morgan fingerprint density at radius 3 is 1.97 bits per heavy atom. The molecule has 32 heavy (non-hydrogen) atoms. The number of amides is 2. The second kappa shape index (κ2) is 26.9. The van der Waals surface area contributed by atoms with E-state index in [-0.39, 0.29) is 73.4 Å². The largest absolute Gasteiger partial charge is 1.00 e. The Balaban J connectivity index is -0.000000164. The van der Waals surface area contributed by atoms with Gasteiger partial charge in [0.15, 0.2) is 0 Å². The van der Waals surface area contributed by atoms with Crippen LogP contribution < -0.4 is 35.3 Å². The molecule has 0 aromatic rings. The van der Waals surface area contributed by atoms with E-state index < -0.39 is 18.1 Å². The molecule has 10 nitrogen and oxygen atoms in total. The number of β-amino-alcohol motifs (C(OH)–C–C–N with tert-alkyl or cyclic N) is 1. The average Bonchev–Trinajstić information content (AvgIpc) is 3.55. The Kier molecular flexibility index (Phi) is 32.7. The second-order valence-corrected chi connectivity index (χ2v) is 7.02. The van der Waals surface area contributed by atoms with Crippen molar-refractivity contribution in [3.05, 3.63) is 6.57 Å². The van der Waals surface area contributed by atoms with Gasteiger partial charge in [-0.05, 0) is 6.42 Å². The minimum atomic E-state index is -0.647. The molecule has 0 bridgehead atoms. The fourth-order valence-corrected chi connectivity index (χ4v) is 2.02. The molecule has 2 heterocycles. The van der Waals surface area contributed by atoms with Gasteiger partial charge >= 0.3 is 29.6 Å². The zero-order chi connectivity index (χ0) is 24.8. The number of nitriles is 1. The number of alkyl halides is 3. The molecule has 0 aliphatic carbocycles. The number of nitrogens with zero attached hydrogens (tertiary/aromatic N) is 3. The van der Waals surface area contributed by atoms with Crippen LogP contribution in [-0.2, 0) is 14.3 Å². The maximum atomic E-state index is 10.9. The van der Waals surface area contributed by atoms with Crippen molar-refractivity contribution in [2.75, 3.05) is 37.3 Å². The van der Waals surface area contributed by atoms with Crippen LogP contribution in [0, 0.1) is 23.2 Å². The summed E-state index contributed by atoms with van der Waals surface area (Å²) in [7, 11) is 0. The molecule has 4 atom stereocenters. The van der Waals surface area contributed by atoms with Gasteiger partial charge in [0.05, 0.1) is 62.4 Å². The predicted octanol–water partition coefficient (Wildman–Crippen LogP) is -2.71. The summed E-state index contributed by atoms with van der Waals surface area (Å²) in [4.78, 5) is 22.5. The second-order valence-electron chi connectivity index (χ2n) is 6.09. The summed E-state index contributed by atoms with van der Waals surface area (Å²) in [6.07, 6.45) is -0.197. The molecular formula is C18H30Cl3N4NaO6. The van der Waals surface area contributed by atoms with Gasteiger partial charge in [0.1, 0.15) is 0 Å². The molecule has 0 radical (unpaired) electrons. The maximum Gasteiger partial charge on any atom is 1.00 e. The van der Waals surface area contributed by atoms with Crippen molar-refractivity contribution in [1.29, 1.82) is 10.5 Å². The molecule has 4 unspecified atom stereocenters. The van der Waals surface area contributed by atoms with Gasteiger partial charge < -0.3 is 42.5 Å². The van der Waals surface area contributed by atoms with Crippen molar-refractivity contribution in [3.63, 3.8) is 0 Å². The Hall–Kier alpha value is -0.370. The molecule has 2 aliphatic rings. The van der Waals surface area contributed by atoms with Gasteiger partial charge in [0.2, 0.25) is 11.8 Å². The number of carbonyl (C=O) groups is 2. The van der Waals surface area contributed by atoms with Crippen molar-refractivity contribution < 1.29 is 59.2 Å². The van der Waals surface area contributed by atoms with E-state index in [1.807, 2.05) is 6.92 Å². The number of primary amides is 1. The summed E-state index contributed by atoms with van der Waals surface area (Å²) < 4.78 is 4.73. The van der Waals surface area contributed by atoms with E-state index >= 15 is 0 Å². The van der Waals surface area contributed by atoms with E-state index in [2.05, 4.69) is 0 Å². The number of aliphatic hydroxyl groups is 3. The molecule has 180 valence electrons. The first-order chi connectivity index (χ1) is 14.6. The minimum Gasteiger partial charge on any atom is -0.512 e. The fraction of sp³-hybridized carbons (Fsp3) is 0.778. The van der Waals surface area contributed by atoms with Crippen molar-refractivity contribution in [3.8, 4) is 6.07 Å². The van der Waals surface area contributed by atoms with Gasteiger partial charge in [0.25, 0.3) is 0 Å². The first-order valence-electron chi connectivity index (χ1n) is 9.13. The van der Waals surface area contributed by atoms with Gasteiger partial charge in [-0.25, -0.2) is 0 Å². The average molecular weight is 528 g/mol. The molecule has 2 rings (SSSR count). The topological polar surface area (TPSA) is 184 Å². The normalized spacial score (nSPS) is 19.2. The van der Waals surface area contributed by atoms with Crippen molar-refractivity contribution in [2.45, 2.75) is 50.6 Å². The van der Waals surface area contributed by atoms with Crippen LogP contribution in [0.1, 0.15) is 26.2 Å². The minimum absolute atomic E-state index is 0. The van der Waals surface area contributed by atoms with Gasteiger partial charge in [-0.15, -0.1) is 34.8 Å². The van der Waals surface area contributed by atoms with Crippen LogP contribution in [0.4, 0.5) is 0 Å². The van der Waals surface area contributed by atoms with Crippen LogP contribution in [0.5, 0.6) is 0 Å². The molecule has 2 saturated heterocycles. The quantitative estimate of drug-likeness (QED) is 0.119. The summed E-state index contributed by atoms with van der Waals surface area (Å²) in [5.74, 6) is 0.410. The number of nitrogens with two attached hydrogens (primary N) is 1. The van der Waals surface area contributed by atoms with Gasteiger partial charge in [-0.2, -0.15) is 5.26 Å². The number of hydrogen-bond acceptors (Lipinski definition) is 8. The molecule has 14 heteroatoms. The standard InChI is InChI=1S/C6H10N2O3.C4H6ClNO.C4H9ClO.C3H5ClO.CN.Na/c7-5(10)3-8-2-4(9)1-6(8)11;5-3-4(7)1-2-6;1-2-4(6)3-5;4-1-3-2-5-3;1-2;/h4,9H,1-3H2,(H2,7,10);4,7H,1,3H2;4,6H,2-3H2,1H3;3H,1-2H2;;/q;;;;-1;+1. The number of hydrogen-bond donors (Lipinski definition) is 4. The Bertz CT molecular complexity index is 535. The number of aliphatic hydroxyl groups excluding tert-OH is 3. The predicted molar refractivity (Wildman–Crippen MR) is 116 cm³/mol. The number of rotatable bonds is 7. The van der Waals surface area contributed by atoms with Gasteiger partial charge in [0, 0.05) is 18.3 Å². The SMILES string of the molecule is CCC(O)CCl.ClCC1CO1.N#CCC(O)CCl.NC(=O)CN1CC(O)CC1=O.[C-]#N.[Na+]. The molecule has 0 spiro atoms. The van der Waals surface area contributed by atoms with Crippen LogP contribution >= 0.6 is 34.8 Å². The van der Waals surface area contributed by atoms with Gasteiger partial charge in [-0.3, -0.25) is 9.59 Å². The van der Waals surface area contributed by atoms with Crippen LogP contribution in [0.25, 0.3) is 0 Å². The first kappa shape index (κ1) is 38.9. The van der Waals surface area contributed by atoms with Crippen LogP contribution in [0.15, 0.2) is 0 Å². The van der Waals surface area contributed by atoms with E-state index in [9.17, 15) is 9.59 Å². The number of ether oxygens (including phenoxy) is 1. The Morgan fingerprint density at radius 1 is 1.31 bits per heavy atom. The molecule has 5 N–H and O–H groups in total. The third kappa shape index (κ3) is 27.7. The van der Waals surface area contributed by atoms with E-state index in [0.717, 1.165) is 13.0 Å². The summed E-state index contributed by atoms with van der Waals surface area (Å²) in [5.41, 5.74) is 4.87. The molecular weight excluding hydrogens is 498 g/mol. The zero-order valence-corrected chi connectivity index (χ0v) is 22.6. The summed E-state index contributed by atoms with van der Waals surface area (Å²) in [5, 5.41) is 40.2. The summed E-state index contributed by atoms with van der Waals surface area (Å²) in [6, 6.07) is 1.78. The van der Waals surface area contributed by atoms with Crippen molar-refractivity contribution in [2.24, 2.45) is 5.73 Å². The molecule has 2 aliphatic heterocycles. The van der Waals surface area contributed by atoms with Gasteiger partial charge in [-0.1, -0.05) is 6.92 Å². The summed E-state index contributed by atoms with van der Waals surface area (Å²) in [6.45, 7) is 7.66. The monoisotopic (exact) mass is 526 g/mol. The van der Waals surface area contributed by atoms with E-state index in [1.54, 1.807) is 6.07 Å². The maximum absolute atomic E-state index is 10.9. The Morgan fingerprint density at radius 2 is 1.81 bits per heavy atom. The van der Waals surface area contributed by atoms with E-state index in [1.165, 1.54) is 4.90 Å². The number of halogens is 3. The zero-order valence-electron chi connectivity index (χ0n) is 18.3. The number of likely N-dealkylation sites (tertiary alicyclic amines) is 1. The summed E-state index contributed by atoms with van der Waals surface area (Å²) >= 11 is 15.6. The fourth-order valence-electron chi connectivity index (χ4n) is 1.52. The van der Waals surface area contributed by atoms with Crippen molar-refractivity contribution >= 4 is 46.6 Å². The molecule has 0 saturated carbocycles. The van der Waals surface area contributed by atoms with Crippen LogP contribution in [0.2, 0.25) is 0 Å². The third-order valence-electron chi connectivity index (χ3n) is 3.27. The molecule has 0 aromatic carbocycles.